The Morgan fingerprint density at radius 2 is 1.85 bits per heavy atom. The zero-order valence-corrected chi connectivity index (χ0v) is 13.9. The van der Waals surface area contributed by atoms with Gasteiger partial charge in [-0.15, -0.1) is 5.10 Å². The van der Waals surface area contributed by atoms with Gasteiger partial charge in [0.2, 0.25) is 0 Å². The molecule has 4 rings (SSSR count). The number of hydrogen-bond donors (Lipinski definition) is 1. The van der Waals surface area contributed by atoms with Crippen LogP contribution in [0.5, 0.6) is 0 Å². The van der Waals surface area contributed by atoms with Crippen LogP contribution in [-0.2, 0) is 13.6 Å². The molecule has 1 N–H and O–H groups in total. The molecule has 0 bridgehead atoms. The quantitative estimate of drug-likeness (QED) is 0.562. The maximum absolute atomic E-state index is 12.2. The number of hydrogen-bond acceptors (Lipinski definition) is 5. The first kappa shape index (κ1) is 15.8. The zero-order valence-electron chi connectivity index (χ0n) is 13.9. The van der Waals surface area contributed by atoms with Crippen molar-refractivity contribution in [3.8, 4) is 11.3 Å². The van der Waals surface area contributed by atoms with Gasteiger partial charge >= 0.3 is 5.69 Å². The van der Waals surface area contributed by atoms with E-state index >= 15 is 0 Å². The van der Waals surface area contributed by atoms with E-state index in [-0.39, 0.29) is 10.1 Å². The second kappa shape index (κ2) is 5.99. The molecule has 0 fully saturated rings. The van der Waals surface area contributed by atoms with E-state index in [9.17, 15) is 14.8 Å². The Balaban J connectivity index is 1.76. The summed E-state index contributed by atoms with van der Waals surface area (Å²) in [6.45, 7) is 0.583. The van der Waals surface area contributed by atoms with Crippen molar-refractivity contribution in [3.63, 3.8) is 0 Å². The van der Waals surface area contributed by atoms with Crippen LogP contribution < -0.4 is 11.2 Å². The van der Waals surface area contributed by atoms with E-state index in [1.807, 2.05) is 30.3 Å². The highest BCUT2D eigenvalue weighted by Gasteiger charge is 2.12. The van der Waals surface area contributed by atoms with Crippen molar-refractivity contribution in [2.75, 3.05) is 0 Å². The maximum Gasteiger partial charge on any atom is 0.364 e. The summed E-state index contributed by atoms with van der Waals surface area (Å²) in [5.74, 6) is 0. The molecule has 0 spiro atoms. The Hall–Kier alpha value is -3.68. The lowest BCUT2D eigenvalue weighted by Gasteiger charge is -2.07. The lowest BCUT2D eigenvalue weighted by atomic mass is 10.1. The summed E-state index contributed by atoms with van der Waals surface area (Å²) in [5.41, 5.74) is 1.25. The van der Waals surface area contributed by atoms with E-state index in [0.29, 0.717) is 23.3 Å². The molecule has 0 atom stereocenters. The SMILES string of the molecule is Cn1c(=O)n(O)c(=O)c2cc(-c3cn(Cc4ccccc4)nn3)ccc21. The first-order chi connectivity index (χ1) is 12.5. The minimum absolute atomic E-state index is 0.109. The first-order valence-electron chi connectivity index (χ1n) is 7.94. The van der Waals surface area contributed by atoms with Crippen molar-refractivity contribution in [1.82, 2.24) is 24.3 Å². The standard InChI is InChI=1S/C18H15N5O3/c1-21-16-8-7-13(9-14(16)17(24)23(26)18(21)25)15-11-22(20-19-15)10-12-5-3-2-4-6-12/h2-9,11,26H,10H2,1H3. The summed E-state index contributed by atoms with van der Waals surface area (Å²) < 4.78 is 3.03. The first-order valence-corrected chi connectivity index (χ1v) is 7.94. The molecule has 0 unspecified atom stereocenters. The number of aryl methyl sites for hydroxylation is 1. The molecule has 2 aromatic carbocycles. The highest BCUT2D eigenvalue weighted by Crippen LogP contribution is 2.20. The van der Waals surface area contributed by atoms with Gasteiger partial charge in [-0.1, -0.05) is 46.3 Å². The highest BCUT2D eigenvalue weighted by atomic mass is 16.5. The van der Waals surface area contributed by atoms with E-state index < -0.39 is 11.2 Å². The number of nitrogens with zero attached hydrogens (tertiary/aromatic N) is 5. The van der Waals surface area contributed by atoms with Crippen molar-refractivity contribution >= 4 is 10.9 Å². The molecule has 0 aliphatic carbocycles. The Labute approximate surface area is 147 Å². The molecule has 2 heterocycles. The minimum atomic E-state index is -0.788. The monoisotopic (exact) mass is 349 g/mol. The van der Waals surface area contributed by atoms with Gasteiger partial charge in [-0.05, 0) is 17.7 Å². The summed E-state index contributed by atoms with van der Waals surface area (Å²) in [6.07, 6.45) is 1.79. The Morgan fingerprint density at radius 1 is 1.08 bits per heavy atom. The van der Waals surface area contributed by atoms with Crippen molar-refractivity contribution in [2.24, 2.45) is 7.05 Å². The van der Waals surface area contributed by atoms with E-state index in [1.165, 1.54) is 11.6 Å². The molecule has 0 radical (unpaired) electrons. The van der Waals surface area contributed by atoms with Crippen LogP contribution in [0.15, 0.2) is 64.3 Å². The number of rotatable bonds is 3. The predicted molar refractivity (Wildman–Crippen MR) is 95.2 cm³/mol. The molecular formula is C18H15N5O3. The molecule has 0 aliphatic heterocycles. The zero-order chi connectivity index (χ0) is 18.3. The van der Waals surface area contributed by atoms with E-state index in [0.717, 1.165) is 5.56 Å². The Kier molecular flexibility index (Phi) is 3.65. The van der Waals surface area contributed by atoms with Gasteiger partial charge in [0.15, 0.2) is 0 Å². The molecular weight excluding hydrogens is 334 g/mol. The lowest BCUT2D eigenvalue weighted by molar-refractivity contribution is 0.158. The van der Waals surface area contributed by atoms with Crippen LogP contribution >= 0.6 is 0 Å². The third-order valence-corrected chi connectivity index (χ3v) is 4.27. The van der Waals surface area contributed by atoms with Crippen molar-refractivity contribution < 1.29 is 5.21 Å². The molecule has 0 aliphatic rings. The average molecular weight is 349 g/mol. The molecule has 8 heteroatoms. The van der Waals surface area contributed by atoms with Crippen LogP contribution in [0.3, 0.4) is 0 Å². The fourth-order valence-corrected chi connectivity index (χ4v) is 2.88. The van der Waals surface area contributed by atoms with Crippen LogP contribution in [0.4, 0.5) is 0 Å². The maximum atomic E-state index is 12.2. The fourth-order valence-electron chi connectivity index (χ4n) is 2.88. The third kappa shape index (κ3) is 2.57. The van der Waals surface area contributed by atoms with Gasteiger partial charge in [0, 0.05) is 12.6 Å². The molecule has 0 saturated carbocycles. The third-order valence-electron chi connectivity index (χ3n) is 4.27. The molecule has 4 aromatic rings. The molecule has 8 nitrogen and oxygen atoms in total. The van der Waals surface area contributed by atoms with Gasteiger partial charge in [-0.25, -0.2) is 9.48 Å². The van der Waals surface area contributed by atoms with Gasteiger partial charge < -0.3 is 5.21 Å². The molecule has 2 aromatic heterocycles. The molecule has 0 saturated heterocycles. The van der Waals surface area contributed by atoms with Gasteiger partial charge in [-0.2, -0.15) is 0 Å². The summed E-state index contributed by atoms with van der Waals surface area (Å²) in [6, 6.07) is 14.9. The van der Waals surface area contributed by atoms with E-state index in [2.05, 4.69) is 10.3 Å². The summed E-state index contributed by atoms with van der Waals surface area (Å²) in [7, 11) is 1.49. The number of benzene rings is 2. The number of fused-ring (bicyclic) bond motifs is 1. The second-order valence-corrected chi connectivity index (χ2v) is 5.98. The Bertz CT molecular complexity index is 1220. The molecule has 130 valence electrons. The second-order valence-electron chi connectivity index (χ2n) is 5.98. The normalized spacial score (nSPS) is 11.1. The smallest absolute Gasteiger partial charge is 0.364 e. The van der Waals surface area contributed by atoms with Crippen LogP contribution in [0.2, 0.25) is 0 Å². The van der Waals surface area contributed by atoms with Crippen LogP contribution in [-0.4, -0.2) is 29.5 Å². The largest absolute Gasteiger partial charge is 0.421 e. The van der Waals surface area contributed by atoms with Crippen LogP contribution in [0.1, 0.15) is 5.56 Å². The molecule has 0 amide bonds. The van der Waals surface area contributed by atoms with Gasteiger partial charge in [0.25, 0.3) is 5.56 Å². The van der Waals surface area contributed by atoms with Gasteiger partial charge in [0.1, 0.15) is 5.69 Å². The Morgan fingerprint density at radius 3 is 2.62 bits per heavy atom. The fraction of sp³-hybridized carbons (Fsp3) is 0.111. The summed E-state index contributed by atoms with van der Waals surface area (Å²) in [5, 5.41) is 18.2. The highest BCUT2D eigenvalue weighted by molar-refractivity contribution is 5.83. The van der Waals surface area contributed by atoms with E-state index in [4.69, 9.17) is 0 Å². The minimum Gasteiger partial charge on any atom is -0.421 e. The predicted octanol–water partition coefficient (Wildman–Crippen LogP) is 1.24. The number of aromatic nitrogens is 5. The van der Waals surface area contributed by atoms with Crippen molar-refractivity contribution in [2.45, 2.75) is 6.54 Å². The summed E-state index contributed by atoms with van der Waals surface area (Å²) >= 11 is 0. The molecule has 26 heavy (non-hydrogen) atoms. The van der Waals surface area contributed by atoms with E-state index in [1.54, 1.807) is 29.1 Å². The van der Waals surface area contributed by atoms with Gasteiger partial charge in [-0.3, -0.25) is 9.36 Å². The van der Waals surface area contributed by atoms with Crippen LogP contribution in [0.25, 0.3) is 22.2 Å². The lowest BCUT2D eigenvalue weighted by Crippen LogP contribution is -2.37. The topological polar surface area (TPSA) is 94.9 Å². The van der Waals surface area contributed by atoms with Crippen molar-refractivity contribution in [3.05, 3.63) is 81.1 Å². The summed E-state index contributed by atoms with van der Waals surface area (Å²) in [4.78, 5) is 24.0. The van der Waals surface area contributed by atoms with Crippen LogP contribution in [0, 0.1) is 0 Å². The average Bonchev–Trinajstić information content (AvgIpc) is 3.13. The van der Waals surface area contributed by atoms with Gasteiger partial charge in [0.05, 0.1) is 23.6 Å². The van der Waals surface area contributed by atoms with Crippen molar-refractivity contribution in [1.29, 1.82) is 0 Å².